The predicted molar refractivity (Wildman–Crippen MR) is 61.4 cm³/mol. The van der Waals surface area contributed by atoms with Crippen LogP contribution in [-0.2, 0) is 0 Å². The summed E-state index contributed by atoms with van der Waals surface area (Å²) in [6.07, 6.45) is 8.57. The van der Waals surface area contributed by atoms with Gasteiger partial charge in [-0.1, -0.05) is 20.8 Å². The predicted octanol–water partition coefficient (Wildman–Crippen LogP) is 3.34. The molecule has 2 fully saturated rings. The Kier molecular flexibility index (Phi) is 2.63. The average molecular weight is 195 g/mol. The summed E-state index contributed by atoms with van der Waals surface area (Å²) in [7, 11) is 0. The number of hydrogen-bond acceptors (Lipinski definition) is 1. The minimum atomic E-state index is 0.528. The van der Waals surface area contributed by atoms with Crippen molar-refractivity contribution in [3.8, 4) is 0 Å². The lowest BCUT2D eigenvalue weighted by atomic mass is 9.67. The minimum absolute atomic E-state index is 0.528. The zero-order chi connectivity index (χ0) is 10.2. The second-order valence-corrected chi connectivity index (χ2v) is 6.45. The zero-order valence-electron chi connectivity index (χ0n) is 10.0. The van der Waals surface area contributed by atoms with E-state index in [1.165, 1.54) is 45.1 Å². The molecule has 1 saturated carbocycles. The van der Waals surface area contributed by atoms with Crippen LogP contribution in [0, 0.1) is 11.3 Å². The zero-order valence-corrected chi connectivity index (χ0v) is 10.0. The summed E-state index contributed by atoms with van der Waals surface area (Å²) in [6.45, 7) is 8.47. The van der Waals surface area contributed by atoms with E-state index in [0.717, 1.165) is 5.92 Å². The smallest absolute Gasteiger partial charge is 0.0182 e. The Morgan fingerprint density at radius 2 is 1.71 bits per heavy atom. The van der Waals surface area contributed by atoms with Gasteiger partial charge in [-0.05, 0) is 56.4 Å². The van der Waals surface area contributed by atoms with E-state index in [4.69, 9.17) is 0 Å². The van der Waals surface area contributed by atoms with Gasteiger partial charge in [-0.15, -0.1) is 0 Å². The highest BCUT2D eigenvalue weighted by molar-refractivity contribution is 4.97. The lowest BCUT2D eigenvalue weighted by Crippen LogP contribution is -2.44. The van der Waals surface area contributed by atoms with Crippen molar-refractivity contribution in [1.82, 2.24) is 5.32 Å². The van der Waals surface area contributed by atoms with Gasteiger partial charge in [0.05, 0.1) is 0 Å². The molecule has 1 heterocycles. The summed E-state index contributed by atoms with van der Waals surface area (Å²) in [5.41, 5.74) is 1.10. The van der Waals surface area contributed by atoms with Crippen LogP contribution in [0.2, 0.25) is 0 Å². The van der Waals surface area contributed by atoms with Crippen LogP contribution in [-0.4, -0.2) is 12.1 Å². The van der Waals surface area contributed by atoms with Crippen molar-refractivity contribution >= 4 is 0 Å². The molecule has 0 amide bonds. The minimum Gasteiger partial charge on any atom is -0.311 e. The van der Waals surface area contributed by atoms with Gasteiger partial charge in [0.25, 0.3) is 0 Å². The van der Waals surface area contributed by atoms with Gasteiger partial charge in [-0.25, -0.2) is 0 Å². The van der Waals surface area contributed by atoms with Gasteiger partial charge < -0.3 is 5.32 Å². The number of hydrogen-bond donors (Lipinski definition) is 1. The molecule has 1 nitrogen and oxygen atoms in total. The van der Waals surface area contributed by atoms with Crippen molar-refractivity contribution in [1.29, 1.82) is 0 Å². The molecule has 1 spiro atoms. The molecule has 2 rings (SSSR count). The maximum absolute atomic E-state index is 3.74. The maximum atomic E-state index is 3.74. The second kappa shape index (κ2) is 3.52. The molecule has 1 aliphatic heterocycles. The molecule has 0 radical (unpaired) electrons. The average Bonchev–Trinajstić information content (AvgIpc) is 2.53. The summed E-state index contributed by atoms with van der Waals surface area (Å²) in [5, 5.41) is 3.74. The Morgan fingerprint density at radius 1 is 1.07 bits per heavy atom. The van der Waals surface area contributed by atoms with Gasteiger partial charge in [0.2, 0.25) is 0 Å². The molecule has 2 aliphatic rings. The fourth-order valence-corrected chi connectivity index (χ4v) is 3.33. The molecule has 1 heteroatoms. The van der Waals surface area contributed by atoms with Crippen molar-refractivity contribution in [2.45, 2.75) is 64.8 Å². The van der Waals surface area contributed by atoms with Crippen molar-refractivity contribution in [3.63, 3.8) is 0 Å². The lowest BCUT2D eigenvalue weighted by Gasteiger charge is -2.42. The highest BCUT2D eigenvalue weighted by atomic mass is 15.0. The van der Waals surface area contributed by atoms with E-state index in [2.05, 4.69) is 26.1 Å². The molecule has 1 saturated heterocycles. The Morgan fingerprint density at radius 3 is 2.14 bits per heavy atom. The fraction of sp³-hybridized carbons (Fsp3) is 1.00. The third-order valence-corrected chi connectivity index (χ3v) is 4.50. The largest absolute Gasteiger partial charge is 0.311 e. The maximum Gasteiger partial charge on any atom is 0.0182 e. The van der Waals surface area contributed by atoms with E-state index >= 15 is 0 Å². The van der Waals surface area contributed by atoms with Crippen molar-refractivity contribution in [2.75, 3.05) is 6.54 Å². The van der Waals surface area contributed by atoms with Crippen molar-refractivity contribution < 1.29 is 0 Å². The van der Waals surface area contributed by atoms with Crippen LogP contribution in [0.1, 0.15) is 59.3 Å². The third-order valence-electron chi connectivity index (χ3n) is 4.50. The molecule has 1 aliphatic carbocycles. The molecule has 14 heavy (non-hydrogen) atoms. The Labute approximate surface area is 88.7 Å². The molecular weight excluding hydrogens is 170 g/mol. The SMILES string of the molecule is CC(C)(C)C1CCC2(CCCN2)CC1. The lowest BCUT2D eigenvalue weighted by molar-refractivity contribution is 0.124. The van der Waals surface area contributed by atoms with Crippen LogP contribution >= 0.6 is 0 Å². The first-order valence-electron chi connectivity index (χ1n) is 6.27. The summed E-state index contributed by atoms with van der Waals surface area (Å²) in [4.78, 5) is 0. The van der Waals surface area contributed by atoms with E-state index in [1.54, 1.807) is 0 Å². The molecular formula is C13H25N. The Hall–Kier alpha value is -0.0400. The normalized spacial score (nSPS) is 39.2. The molecule has 82 valence electrons. The number of rotatable bonds is 0. The highest BCUT2D eigenvalue weighted by Gasteiger charge is 2.39. The molecule has 0 unspecified atom stereocenters. The molecule has 0 atom stereocenters. The molecule has 1 N–H and O–H groups in total. The first-order chi connectivity index (χ1) is 6.52. The summed E-state index contributed by atoms with van der Waals surface area (Å²) >= 11 is 0. The van der Waals surface area contributed by atoms with Gasteiger partial charge in [0, 0.05) is 5.54 Å². The summed E-state index contributed by atoms with van der Waals surface area (Å²) in [5.74, 6) is 0.954. The van der Waals surface area contributed by atoms with Crippen LogP contribution in [0.3, 0.4) is 0 Å². The molecule has 0 aromatic rings. The van der Waals surface area contributed by atoms with Crippen LogP contribution in [0.25, 0.3) is 0 Å². The van der Waals surface area contributed by atoms with Crippen LogP contribution in [0.15, 0.2) is 0 Å². The second-order valence-electron chi connectivity index (χ2n) is 6.45. The number of nitrogens with one attached hydrogen (secondary N) is 1. The van der Waals surface area contributed by atoms with Gasteiger partial charge in [-0.3, -0.25) is 0 Å². The van der Waals surface area contributed by atoms with Gasteiger partial charge in [0.1, 0.15) is 0 Å². The van der Waals surface area contributed by atoms with Gasteiger partial charge in [-0.2, -0.15) is 0 Å². The molecule has 0 aromatic heterocycles. The summed E-state index contributed by atoms with van der Waals surface area (Å²) in [6, 6.07) is 0. The Bertz CT molecular complexity index is 186. The van der Waals surface area contributed by atoms with Crippen LogP contribution in [0.5, 0.6) is 0 Å². The molecule has 0 bridgehead atoms. The quantitative estimate of drug-likeness (QED) is 0.625. The summed E-state index contributed by atoms with van der Waals surface area (Å²) < 4.78 is 0. The monoisotopic (exact) mass is 195 g/mol. The fourth-order valence-electron chi connectivity index (χ4n) is 3.33. The molecule has 0 aromatic carbocycles. The van der Waals surface area contributed by atoms with Gasteiger partial charge in [0.15, 0.2) is 0 Å². The third kappa shape index (κ3) is 1.98. The van der Waals surface area contributed by atoms with Crippen molar-refractivity contribution in [3.05, 3.63) is 0 Å². The van der Waals surface area contributed by atoms with Gasteiger partial charge >= 0.3 is 0 Å². The standard InChI is InChI=1S/C13H25N/c1-12(2,3)11-5-8-13(9-6-11)7-4-10-14-13/h11,14H,4-10H2,1-3H3. The van der Waals surface area contributed by atoms with E-state index < -0.39 is 0 Å². The van der Waals surface area contributed by atoms with E-state index in [-0.39, 0.29) is 0 Å². The van der Waals surface area contributed by atoms with Crippen molar-refractivity contribution in [2.24, 2.45) is 11.3 Å². The van der Waals surface area contributed by atoms with E-state index in [1.807, 2.05) is 0 Å². The Balaban J connectivity index is 1.92. The van der Waals surface area contributed by atoms with Crippen LogP contribution in [0.4, 0.5) is 0 Å². The van der Waals surface area contributed by atoms with Crippen LogP contribution < -0.4 is 5.32 Å². The van der Waals surface area contributed by atoms with E-state index in [0.29, 0.717) is 11.0 Å². The van der Waals surface area contributed by atoms with E-state index in [9.17, 15) is 0 Å². The topological polar surface area (TPSA) is 12.0 Å². The first-order valence-corrected chi connectivity index (χ1v) is 6.27. The first kappa shape index (κ1) is 10.5. The highest BCUT2D eigenvalue weighted by Crippen LogP contribution is 2.44.